The highest BCUT2D eigenvalue weighted by Crippen LogP contribution is 2.47. The van der Waals surface area contributed by atoms with Gasteiger partial charge in [0.25, 0.3) is 5.91 Å². The fraction of sp³-hybridized carbons (Fsp3) is 0.348. The minimum absolute atomic E-state index is 0.0824. The molecule has 13 heteroatoms. The predicted molar refractivity (Wildman–Crippen MR) is 231 cm³/mol. The van der Waals surface area contributed by atoms with E-state index in [1.807, 2.05) is 123 Å². The third-order valence-electron chi connectivity index (χ3n) is 11.2. The van der Waals surface area contributed by atoms with Gasteiger partial charge < -0.3 is 30.3 Å². The van der Waals surface area contributed by atoms with Gasteiger partial charge in [-0.25, -0.2) is 0 Å². The summed E-state index contributed by atoms with van der Waals surface area (Å²) in [5.41, 5.74) is 4.17. The maximum Gasteiger partial charge on any atom is 0.264 e. The van der Waals surface area contributed by atoms with Gasteiger partial charge in [0.05, 0.1) is 48.8 Å². The first-order chi connectivity index (χ1) is 28.7. The van der Waals surface area contributed by atoms with Crippen LogP contribution in [0.1, 0.15) is 67.0 Å². The number of halogens is 1. The van der Waals surface area contributed by atoms with Crippen molar-refractivity contribution in [2.24, 2.45) is 5.92 Å². The molecule has 12 nitrogen and oxygen atoms in total. The molecule has 4 aromatic carbocycles. The van der Waals surface area contributed by atoms with Crippen LogP contribution in [-0.2, 0) is 34.7 Å². The first kappa shape index (κ1) is 42.0. The second-order valence-electron chi connectivity index (χ2n) is 15.1. The number of rotatable bonds is 18. The average Bonchev–Trinajstić information content (AvgIpc) is 3.79. The molecule has 2 amide bonds. The lowest BCUT2D eigenvalue weighted by atomic mass is 9.83. The number of fused-ring (bicyclic) bond motifs is 2. The summed E-state index contributed by atoms with van der Waals surface area (Å²) < 4.78 is 8.28. The predicted octanol–water partition coefficient (Wildman–Crippen LogP) is 6.53. The Kier molecular flexibility index (Phi) is 13.4. The smallest absolute Gasteiger partial charge is 0.264 e. The van der Waals surface area contributed by atoms with Crippen LogP contribution in [-0.4, -0.2) is 74.5 Å². The van der Waals surface area contributed by atoms with Crippen LogP contribution in [0.2, 0.25) is 0 Å². The molecule has 7 rings (SSSR count). The quantitative estimate of drug-likeness (QED) is 0.0569. The molecule has 0 bridgehead atoms. The van der Waals surface area contributed by atoms with Gasteiger partial charge in [0.1, 0.15) is 5.75 Å². The minimum Gasteiger partial charge on any atom is -0.494 e. The van der Waals surface area contributed by atoms with Gasteiger partial charge in [0, 0.05) is 41.0 Å². The number of aliphatic hydroxyl groups is 3. The van der Waals surface area contributed by atoms with Gasteiger partial charge in [-0.05, 0) is 104 Å². The van der Waals surface area contributed by atoms with Crippen LogP contribution in [0.3, 0.4) is 0 Å². The lowest BCUT2D eigenvalue weighted by Gasteiger charge is -2.35. The molecule has 0 radical (unpaired) electrons. The molecule has 3 heterocycles. The van der Waals surface area contributed by atoms with Crippen molar-refractivity contribution in [1.29, 1.82) is 0 Å². The summed E-state index contributed by atoms with van der Waals surface area (Å²) >= 11 is 3.56. The van der Waals surface area contributed by atoms with E-state index in [-0.39, 0.29) is 31.6 Å². The van der Waals surface area contributed by atoms with Gasteiger partial charge in [-0.2, -0.15) is 0 Å². The molecular formula is C46H51BrN6O6. The molecule has 5 aromatic rings. The topological polar surface area (TPSA) is 153 Å². The Bertz CT molecular complexity index is 2280. The van der Waals surface area contributed by atoms with Crippen molar-refractivity contribution in [2.75, 3.05) is 36.2 Å². The number of unbranched alkanes of at least 4 members (excludes halogenated alkanes) is 1. The number of nitrogens with one attached hydrogen (secondary N) is 1. The maximum absolute atomic E-state index is 14.5. The van der Waals surface area contributed by atoms with Crippen LogP contribution < -0.4 is 19.9 Å². The number of nitrogens with zero attached hydrogens (tertiary/aromatic N) is 5. The van der Waals surface area contributed by atoms with E-state index in [1.54, 1.807) is 14.5 Å². The highest BCUT2D eigenvalue weighted by atomic mass is 79.9. The van der Waals surface area contributed by atoms with Crippen LogP contribution in [0.5, 0.6) is 5.75 Å². The fourth-order valence-corrected chi connectivity index (χ4v) is 8.42. The first-order valence-corrected chi connectivity index (χ1v) is 21.0. The van der Waals surface area contributed by atoms with Crippen molar-refractivity contribution in [3.63, 3.8) is 0 Å². The highest BCUT2D eigenvalue weighted by molar-refractivity contribution is 9.10. The number of benzene rings is 4. The normalized spacial score (nSPS) is 18.6. The Labute approximate surface area is 353 Å². The van der Waals surface area contributed by atoms with Crippen molar-refractivity contribution < 1.29 is 29.6 Å². The molecule has 0 fully saturated rings. The van der Waals surface area contributed by atoms with Crippen LogP contribution in [0.4, 0.5) is 17.1 Å². The van der Waals surface area contributed by atoms with Crippen LogP contribution in [0, 0.1) is 5.92 Å². The number of aliphatic hydroxyl groups excluding tert-OH is 2. The summed E-state index contributed by atoms with van der Waals surface area (Å²) in [5, 5.41) is 43.7. The zero-order chi connectivity index (χ0) is 41.5. The molecule has 0 saturated heterocycles. The lowest BCUT2D eigenvalue weighted by molar-refractivity contribution is -0.139. The minimum atomic E-state index is -1.83. The maximum atomic E-state index is 14.5. The van der Waals surface area contributed by atoms with E-state index in [9.17, 15) is 24.9 Å². The Balaban J connectivity index is 1.09. The van der Waals surface area contributed by atoms with E-state index in [0.717, 1.165) is 39.0 Å². The molecule has 0 saturated carbocycles. The van der Waals surface area contributed by atoms with Gasteiger partial charge in [0.15, 0.2) is 5.60 Å². The molecule has 2 unspecified atom stereocenters. The van der Waals surface area contributed by atoms with Crippen molar-refractivity contribution in [3.8, 4) is 5.75 Å². The SMILES string of the molecule is CCOc1ccc2c(c1)CC(NCCCCO)C(=O)N2c1cccc(CN2C(=O)[C@](O)([C@H](C)/C=C/CCn3cc(C(CO)c4ccccc4)nn3)c3cc(Br)ccc32)c1. The summed E-state index contributed by atoms with van der Waals surface area (Å²) in [4.78, 5) is 32.0. The molecule has 2 aliphatic rings. The van der Waals surface area contributed by atoms with Gasteiger partial charge >= 0.3 is 0 Å². The zero-order valence-electron chi connectivity index (χ0n) is 33.4. The number of hydrogen-bond donors (Lipinski definition) is 4. The molecule has 2 aliphatic heterocycles. The lowest BCUT2D eigenvalue weighted by Crippen LogP contribution is -2.49. The van der Waals surface area contributed by atoms with Crippen molar-refractivity contribution in [1.82, 2.24) is 20.3 Å². The molecule has 1 aromatic heterocycles. The van der Waals surface area contributed by atoms with Gasteiger partial charge in [0.2, 0.25) is 5.91 Å². The number of allylic oxidation sites excluding steroid dienone is 1. The monoisotopic (exact) mass is 862 g/mol. The van der Waals surface area contributed by atoms with Gasteiger partial charge in [-0.1, -0.05) is 82.7 Å². The van der Waals surface area contributed by atoms with Crippen molar-refractivity contribution in [3.05, 3.63) is 142 Å². The molecule has 59 heavy (non-hydrogen) atoms. The zero-order valence-corrected chi connectivity index (χ0v) is 35.0. The van der Waals surface area contributed by atoms with E-state index < -0.39 is 23.5 Å². The number of hydrogen-bond acceptors (Lipinski definition) is 9. The van der Waals surface area contributed by atoms with E-state index in [2.05, 4.69) is 31.6 Å². The van der Waals surface area contributed by atoms with Crippen LogP contribution in [0.15, 0.2) is 114 Å². The molecule has 4 atom stereocenters. The Morgan fingerprint density at radius 2 is 1.81 bits per heavy atom. The summed E-state index contributed by atoms with van der Waals surface area (Å²) in [6.07, 6.45) is 8.14. The second-order valence-corrected chi connectivity index (χ2v) is 16.0. The van der Waals surface area contributed by atoms with E-state index in [0.29, 0.717) is 61.6 Å². The number of amides is 2. The number of aryl methyl sites for hydroxylation is 1. The summed E-state index contributed by atoms with van der Waals surface area (Å²) in [6, 6.07) is 28.2. The molecule has 0 aliphatic carbocycles. The molecular weight excluding hydrogens is 812 g/mol. The third kappa shape index (κ3) is 8.90. The number of carbonyl (C=O) groups is 2. The highest BCUT2D eigenvalue weighted by Gasteiger charge is 2.52. The average molecular weight is 864 g/mol. The largest absolute Gasteiger partial charge is 0.494 e. The Hall–Kier alpha value is -5.18. The number of anilines is 3. The number of carbonyl (C=O) groups excluding carboxylic acids is 2. The molecule has 308 valence electrons. The van der Waals surface area contributed by atoms with Gasteiger partial charge in [-0.3, -0.25) is 19.2 Å². The summed E-state index contributed by atoms with van der Waals surface area (Å²) in [7, 11) is 0. The van der Waals surface area contributed by atoms with E-state index in [1.165, 1.54) is 0 Å². The van der Waals surface area contributed by atoms with E-state index in [4.69, 9.17) is 4.74 Å². The van der Waals surface area contributed by atoms with Crippen molar-refractivity contribution in [2.45, 2.75) is 70.2 Å². The van der Waals surface area contributed by atoms with Crippen LogP contribution >= 0.6 is 15.9 Å². The molecule has 4 N–H and O–H groups in total. The van der Waals surface area contributed by atoms with Crippen molar-refractivity contribution >= 4 is 44.8 Å². The first-order valence-electron chi connectivity index (χ1n) is 20.3. The number of aromatic nitrogens is 3. The number of ether oxygens (including phenoxy) is 1. The fourth-order valence-electron chi connectivity index (χ4n) is 8.06. The standard InChI is InChI=1S/C46H51BrN6O6/c1-3-59-37-18-20-42-34(25-37)26-40(48-21-8-10-23-54)44(56)53(42)36-16-11-13-32(24-36)28-52-43-19-17-35(47)27-39(43)46(58,45(52)57)31(2)12-7-9-22-51-29-41(49-50-51)38(30-55)33-14-5-4-6-15-33/h4-7,11-20,24-25,27,29,31,38,40,48,54-55,58H,3,8-10,21-23,26,28,30H2,1-2H3/b12-7+/t31-,38?,40?,46+/m1/s1. The van der Waals surface area contributed by atoms with E-state index >= 15 is 0 Å². The second kappa shape index (κ2) is 18.8. The van der Waals surface area contributed by atoms with Crippen LogP contribution in [0.25, 0.3) is 0 Å². The molecule has 0 spiro atoms. The Morgan fingerprint density at radius 3 is 2.59 bits per heavy atom. The third-order valence-corrected chi connectivity index (χ3v) is 11.7. The summed E-state index contributed by atoms with van der Waals surface area (Å²) in [6.45, 7) is 5.62. The summed E-state index contributed by atoms with van der Waals surface area (Å²) in [5.74, 6) is -0.623. The van der Waals surface area contributed by atoms with Gasteiger partial charge in [-0.15, -0.1) is 5.10 Å². The Morgan fingerprint density at radius 1 is 1.00 bits per heavy atom.